The predicted molar refractivity (Wildman–Crippen MR) is 95.6 cm³/mol. The second kappa shape index (κ2) is 4.60. The number of carbonyl (C=O) groups is 1. The topological polar surface area (TPSA) is 29.1 Å². The zero-order valence-electron chi connectivity index (χ0n) is 14.5. The van der Waals surface area contributed by atoms with Gasteiger partial charge in [0.05, 0.1) is 18.5 Å². The van der Waals surface area contributed by atoms with Crippen molar-refractivity contribution >= 4 is 12.0 Å². The fourth-order valence-corrected chi connectivity index (χ4v) is 6.37. The average Bonchev–Trinajstić information content (AvgIpc) is 3.15. The third kappa shape index (κ3) is 1.42. The van der Waals surface area contributed by atoms with E-state index < -0.39 is 0 Å². The third-order valence-corrected chi connectivity index (χ3v) is 7.49. The summed E-state index contributed by atoms with van der Waals surface area (Å²) in [5.41, 5.74) is 6.41. The maximum atomic E-state index is 12.1. The van der Waals surface area contributed by atoms with Gasteiger partial charge in [-0.1, -0.05) is 24.3 Å². The van der Waals surface area contributed by atoms with E-state index in [9.17, 15) is 4.79 Å². The van der Waals surface area contributed by atoms with Crippen LogP contribution < -0.4 is 5.32 Å². The first-order valence-electron chi connectivity index (χ1n) is 9.27. The van der Waals surface area contributed by atoms with E-state index in [-0.39, 0.29) is 5.41 Å². The van der Waals surface area contributed by atoms with Crippen molar-refractivity contribution in [2.75, 3.05) is 25.0 Å². The molecular weight excluding hydrogens is 296 g/mol. The minimum absolute atomic E-state index is 0.0403. The molecule has 0 amide bonds. The number of piperidine rings is 1. The van der Waals surface area contributed by atoms with Crippen LogP contribution in [0.25, 0.3) is 0 Å². The van der Waals surface area contributed by atoms with Gasteiger partial charge in [-0.2, -0.15) is 0 Å². The lowest BCUT2D eigenvalue weighted by molar-refractivity contribution is -0.940. The zero-order valence-corrected chi connectivity index (χ0v) is 14.5. The van der Waals surface area contributed by atoms with Gasteiger partial charge in [-0.25, -0.2) is 0 Å². The lowest BCUT2D eigenvalue weighted by Gasteiger charge is -2.53. The number of para-hydroxylation sites is 1. The van der Waals surface area contributed by atoms with Gasteiger partial charge in [0.25, 0.3) is 0 Å². The van der Waals surface area contributed by atoms with Crippen molar-refractivity contribution in [2.24, 2.45) is 5.92 Å². The summed E-state index contributed by atoms with van der Waals surface area (Å²) >= 11 is 0. The van der Waals surface area contributed by atoms with Gasteiger partial charge in [-0.3, -0.25) is 4.79 Å². The molecule has 1 N–H and O–H groups in total. The van der Waals surface area contributed by atoms with Crippen LogP contribution in [-0.2, 0) is 10.2 Å². The Hall–Kier alpha value is -1.87. The molecule has 5 rings (SSSR count). The highest BCUT2D eigenvalue weighted by atomic mass is 16.1. The molecule has 3 heteroatoms. The van der Waals surface area contributed by atoms with Crippen molar-refractivity contribution in [2.45, 2.75) is 38.1 Å². The molecule has 4 aliphatic rings. The Morgan fingerprint density at radius 2 is 2.21 bits per heavy atom. The maximum absolute atomic E-state index is 12.1. The van der Waals surface area contributed by atoms with Crippen molar-refractivity contribution in [3.63, 3.8) is 0 Å². The molecule has 1 spiro atoms. The van der Waals surface area contributed by atoms with Gasteiger partial charge >= 0.3 is 0 Å². The molecule has 1 aliphatic carbocycles. The molecule has 124 valence electrons. The highest BCUT2D eigenvalue weighted by Crippen LogP contribution is 2.63. The number of anilines is 1. The molecule has 2 bridgehead atoms. The number of fused-ring (bicyclic) bond motifs is 2. The van der Waals surface area contributed by atoms with Crippen LogP contribution in [0.1, 0.15) is 32.3 Å². The van der Waals surface area contributed by atoms with E-state index in [2.05, 4.69) is 49.5 Å². The first kappa shape index (κ1) is 14.5. The SMILES string of the molecule is C/C=C1/C[N@+]2(CC)CC[C@@]34C(=C(C=O)[C@H]1C[C@@H]32)Nc1ccccc14. The number of quaternary nitrogens is 1. The third-order valence-electron chi connectivity index (χ3n) is 7.49. The first-order valence-corrected chi connectivity index (χ1v) is 9.27. The second-order valence-electron chi connectivity index (χ2n) is 7.92. The van der Waals surface area contributed by atoms with Crippen LogP contribution in [0.4, 0.5) is 5.69 Å². The van der Waals surface area contributed by atoms with Gasteiger partial charge in [0, 0.05) is 35.7 Å². The van der Waals surface area contributed by atoms with Gasteiger partial charge in [-0.15, -0.1) is 0 Å². The summed E-state index contributed by atoms with van der Waals surface area (Å²) in [4.78, 5) is 12.1. The molecule has 0 unspecified atom stereocenters. The van der Waals surface area contributed by atoms with Crippen LogP contribution in [0, 0.1) is 5.92 Å². The fraction of sp³-hybridized carbons (Fsp3) is 0.476. The average molecular weight is 321 g/mol. The van der Waals surface area contributed by atoms with E-state index in [0.29, 0.717) is 12.0 Å². The summed E-state index contributed by atoms with van der Waals surface area (Å²) in [6, 6.07) is 9.33. The molecule has 3 aliphatic heterocycles. The maximum Gasteiger partial charge on any atom is 0.148 e. The number of nitrogens with zero attached hydrogens (tertiary/aromatic N) is 1. The number of carbonyl (C=O) groups excluding carboxylic acids is 1. The Morgan fingerprint density at radius 3 is 2.96 bits per heavy atom. The normalized spacial score (nSPS) is 40.3. The van der Waals surface area contributed by atoms with Crippen LogP contribution >= 0.6 is 0 Å². The van der Waals surface area contributed by atoms with Gasteiger partial charge in [0.1, 0.15) is 18.9 Å². The number of allylic oxidation sites excluding steroid dienone is 2. The van der Waals surface area contributed by atoms with E-state index >= 15 is 0 Å². The Morgan fingerprint density at radius 1 is 1.38 bits per heavy atom. The zero-order chi connectivity index (χ0) is 16.5. The smallest absolute Gasteiger partial charge is 0.148 e. The highest BCUT2D eigenvalue weighted by Gasteiger charge is 2.67. The lowest BCUT2D eigenvalue weighted by Crippen LogP contribution is -2.63. The highest BCUT2D eigenvalue weighted by molar-refractivity contribution is 5.84. The molecule has 2 saturated heterocycles. The molecule has 24 heavy (non-hydrogen) atoms. The Balaban J connectivity index is 1.84. The summed E-state index contributed by atoms with van der Waals surface area (Å²) in [5, 5.41) is 3.68. The van der Waals surface area contributed by atoms with E-state index in [1.165, 1.54) is 40.1 Å². The minimum atomic E-state index is 0.0403. The Bertz CT molecular complexity index is 808. The molecule has 1 aromatic rings. The molecule has 2 fully saturated rings. The van der Waals surface area contributed by atoms with Crippen molar-refractivity contribution in [1.82, 2.24) is 0 Å². The Kier molecular flexibility index (Phi) is 2.78. The summed E-state index contributed by atoms with van der Waals surface area (Å²) in [7, 11) is 0. The van der Waals surface area contributed by atoms with Gasteiger partial charge in [0.2, 0.25) is 0 Å². The summed E-state index contributed by atoms with van der Waals surface area (Å²) in [6.07, 6.45) is 5.70. The van der Waals surface area contributed by atoms with E-state index in [4.69, 9.17) is 0 Å². The van der Waals surface area contributed by atoms with Crippen LogP contribution in [0.2, 0.25) is 0 Å². The standard InChI is InChI=1S/C21H24N2O/c1-3-14-12-23(4-2)10-9-21-17-7-5-6-8-18(17)22-20(21)16(13-24)15(14)11-19(21)23/h3,5-8,13,15,19H,4,9-12H2,1-2H3/p+1/b14-3-/t15-,19-,21-,23-/m0/s1. The van der Waals surface area contributed by atoms with Crippen LogP contribution in [0.3, 0.4) is 0 Å². The van der Waals surface area contributed by atoms with E-state index in [1.807, 2.05) is 0 Å². The molecular formula is C21H25N2O+. The number of likely N-dealkylation sites (N-methyl/N-ethyl adjacent to an activating group) is 1. The van der Waals surface area contributed by atoms with Crippen LogP contribution in [-0.4, -0.2) is 36.4 Å². The molecule has 1 aromatic carbocycles. The molecule has 0 saturated carbocycles. The van der Waals surface area contributed by atoms with Gasteiger partial charge < -0.3 is 9.80 Å². The summed E-state index contributed by atoms with van der Waals surface area (Å²) in [6.45, 7) is 8.01. The van der Waals surface area contributed by atoms with Crippen molar-refractivity contribution in [3.05, 3.63) is 52.7 Å². The number of rotatable bonds is 2. The predicted octanol–water partition coefficient (Wildman–Crippen LogP) is 3.39. The van der Waals surface area contributed by atoms with Crippen molar-refractivity contribution in [3.8, 4) is 0 Å². The van der Waals surface area contributed by atoms with E-state index in [0.717, 1.165) is 31.2 Å². The number of hydrogen-bond acceptors (Lipinski definition) is 2. The second-order valence-corrected chi connectivity index (χ2v) is 7.92. The van der Waals surface area contributed by atoms with Crippen molar-refractivity contribution < 1.29 is 9.28 Å². The fourth-order valence-electron chi connectivity index (χ4n) is 6.37. The summed E-state index contributed by atoms with van der Waals surface area (Å²) < 4.78 is 1.20. The molecule has 3 heterocycles. The van der Waals surface area contributed by atoms with Gasteiger partial charge in [0.15, 0.2) is 0 Å². The number of benzene rings is 1. The molecule has 4 atom stereocenters. The summed E-state index contributed by atoms with van der Waals surface area (Å²) in [5.74, 6) is 0.318. The molecule has 0 radical (unpaired) electrons. The van der Waals surface area contributed by atoms with Crippen LogP contribution in [0.5, 0.6) is 0 Å². The quantitative estimate of drug-likeness (QED) is 0.514. The van der Waals surface area contributed by atoms with E-state index in [1.54, 1.807) is 0 Å². The monoisotopic (exact) mass is 321 g/mol. The number of hydrogen-bond donors (Lipinski definition) is 1. The minimum Gasteiger partial charge on any atom is -0.357 e. The molecule has 0 aromatic heterocycles. The van der Waals surface area contributed by atoms with Crippen LogP contribution in [0.15, 0.2) is 47.2 Å². The largest absolute Gasteiger partial charge is 0.357 e. The first-order chi connectivity index (χ1) is 11.7. The Labute approximate surface area is 143 Å². The number of aldehydes is 1. The lowest BCUT2D eigenvalue weighted by atomic mass is 9.61. The van der Waals surface area contributed by atoms with Gasteiger partial charge in [-0.05, 0) is 31.1 Å². The van der Waals surface area contributed by atoms with Crippen molar-refractivity contribution in [1.29, 1.82) is 0 Å². The number of nitrogens with one attached hydrogen (secondary N) is 1. The molecule has 3 nitrogen and oxygen atoms in total.